The summed E-state index contributed by atoms with van der Waals surface area (Å²) in [6, 6.07) is 93.8. The molecular weight excluding hydrogens is 785 g/mol. The summed E-state index contributed by atoms with van der Waals surface area (Å²) in [5.74, 6) is 0. The van der Waals surface area contributed by atoms with Gasteiger partial charge < -0.3 is 9.13 Å². The maximum Gasteiger partial charge on any atom is 0.0789 e. The predicted molar refractivity (Wildman–Crippen MR) is 271 cm³/mol. The summed E-state index contributed by atoms with van der Waals surface area (Å²) in [5.41, 5.74) is 20.1. The van der Waals surface area contributed by atoms with E-state index in [2.05, 4.69) is 264 Å². The van der Waals surface area contributed by atoms with E-state index in [0.717, 1.165) is 11.4 Å². The van der Waals surface area contributed by atoms with E-state index in [1.807, 2.05) is 0 Å². The molecule has 0 radical (unpaired) electrons. The molecule has 0 N–H and O–H groups in total. The number of hydrogen-bond acceptors (Lipinski definition) is 0. The second kappa shape index (κ2) is 14.8. The van der Waals surface area contributed by atoms with E-state index in [-0.39, 0.29) is 0 Å². The van der Waals surface area contributed by atoms with E-state index in [4.69, 9.17) is 0 Å². The number of nitrogens with zero attached hydrogens (tertiary/aromatic N) is 2. The van der Waals surface area contributed by atoms with Crippen LogP contribution < -0.4 is 0 Å². The summed E-state index contributed by atoms with van der Waals surface area (Å²) in [7, 11) is 0. The van der Waals surface area contributed by atoms with E-state index in [1.165, 1.54) is 99.6 Å². The van der Waals surface area contributed by atoms with Crippen LogP contribution in [0.3, 0.4) is 0 Å². The first-order valence-corrected chi connectivity index (χ1v) is 22.5. The van der Waals surface area contributed by atoms with E-state index in [0.29, 0.717) is 0 Å². The molecule has 1 aliphatic carbocycles. The topological polar surface area (TPSA) is 9.86 Å². The molecule has 0 unspecified atom stereocenters. The van der Waals surface area contributed by atoms with Crippen molar-refractivity contribution in [1.29, 1.82) is 0 Å². The fourth-order valence-electron chi connectivity index (χ4n) is 11.1. The van der Waals surface area contributed by atoms with E-state index < -0.39 is 5.41 Å². The summed E-state index contributed by atoms with van der Waals surface area (Å²) in [6.07, 6.45) is 0. The Labute approximate surface area is 378 Å². The highest BCUT2D eigenvalue weighted by atomic mass is 15.1. The molecule has 1 aliphatic rings. The molecule has 0 saturated carbocycles. The molecule has 12 aromatic rings. The molecule has 2 heterocycles. The molecule has 65 heavy (non-hydrogen) atoms. The smallest absolute Gasteiger partial charge is 0.0789 e. The molecule has 0 spiro atoms. The van der Waals surface area contributed by atoms with Gasteiger partial charge in [0.25, 0.3) is 0 Å². The molecule has 0 aliphatic heterocycles. The lowest BCUT2D eigenvalue weighted by molar-refractivity contribution is 0.769. The van der Waals surface area contributed by atoms with Crippen molar-refractivity contribution < 1.29 is 0 Å². The second-order valence-corrected chi connectivity index (χ2v) is 17.2. The van der Waals surface area contributed by atoms with E-state index >= 15 is 0 Å². The van der Waals surface area contributed by atoms with Crippen molar-refractivity contribution in [1.82, 2.24) is 9.13 Å². The average molecular weight is 827 g/mol. The Morgan fingerprint density at radius 2 is 0.815 bits per heavy atom. The monoisotopic (exact) mass is 826 g/mol. The molecular formula is C63H42N2. The lowest BCUT2D eigenvalue weighted by atomic mass is 9.67. The van der Waals surface area contributed by atoms with Gasteiger partial charge in [0.05, 0.1) is 27.7 Å². The molecule has 0 amide bonds. The molecule has 0 fully saturated rings. The fourth-order valence-corrected chi connectivity index (χ4v) is 11.1. The molecule has 304 valence electrons. The zero-order valence-corrected chi connectivity index (χ0v) is 35.6. The normalized spacial score (nSPS) is 12.7. The summed E-state index contributed by atoms with van der Waals surface area (Å²) in [6.45, 7) is 0. The van der Waals surface area contributed by atoms with Crippen LogP contribution in [0.4, 0.5) is 0 Å². The molecule has 2 aromatic heterocycles. The van der Waals surface area contributed by atoms with E-state index in [9.17, 15) is 0 Å². The minimum absolute atomic E-state index is 0.476. The first kappa shape index (κ1) is 37.1. The van der Waals surface area contributed by atoms with Crippen LogP contribution in [-0.4, -0.2) is 9.13 Å². The van der Waals surface area contributed by atoms with Crippen LogP contribution in [-0.2, 0) is 5.41 Å². The SMILES string of the molecule is c1ccc(-c2c(-c3ccccc3)n(-c3ccccc3)c3c2ccc2c4ccccc4n(-c4cccc(-c5ccc6c(c5)C(c5ccccc5)(c5ccccc5)c5ccccc5-6)c4)c23)cc1. The van der Waals surface area contributed by atoms with Gasteiger partial charge in [0, 0.05) is 33.1 Å². The largest absolute Gasteiger partial charge is 0.307 e. The molecule has 0 saturated heterocycles. The average Bonchev–Trinajstić information content (AvgIpc) is 4.02. The molecule has 2 heteroatoms. The quantitative estimate of drug-likeness (QED) is 0.151. The van der Waals surface area contributed by atoms with Gasteiger partial charge in [-0.05, 0) is 92.0 Å². The van der Waals surface area contributed by atoms with Gasteiger partial charge >= 0.3 is 0 Å². The maximum absolute atomic E-state index is 2.51. The number of para-hydroxylation sites is 2. The Morgan fingerprint density at radius 3 is 1.54 bits per heavy atom. The Hall–Kier alpha value is -8.46. The van der Waals surface area contributed by atoms with Crippen LogP contribution in [0.1, 0.15) is 22.3 Å². The highest BCUT2D eigenvalue weighted by Gasteiger charge is 2.46. The van der Waals surface area contributed by atoms with Gasteiger partial charge in [0.2, 0.25) is 0 Å². The lowest BCUT2D eigenvalue weighted by Gasteiger charge is -2.34. The minimum Gasteiger partial charge on any atom is -0.307 e. The van der Waals surface area contributed by atoms with Crippen LogP contribution in [0.2, 0.25) is 0 Å². The summed E-state index contributed by atoms with van der Waals surface area (Å²) in [5, 5.41) is 3.66. The first-order valence-electron chi connectivity index (χ1n) is 22.5. The van der Waals surface area contributed by atoms with Gasteiger partial charge in [0.15, 0.2) is 0 Å². The zero-order chi connectivity index (χ0) is 42.9. The van der Waals surface area contributed by atoms with Crippen LogP contribution in [0.25, 0.3) is 88.7 Å². The number of aromatic nitrogens is 2. The van der Waals surface area contributed by atoms with Gasteiger partial charge in [0.1, 0.15) is 0 Å². The van der Waals surface area contributed by atoms with Crippen LogP contribution in [0, 0.1) is 0 Å². The minimum atomic E-state index is -0.476. The third-order valence-corrected chi connectivity index (χ3v) is 13.8. The van der Waals surface area contributed by atoms with Crippen LogP contribution >= 0.6 is 0 Å². The van der Waals surface area contributed by atoms with Crippen LogP contribution in [0.5, 0.6) is 0 Å². The van der Waals surface area contributed by atoms with Crippen molar-refractivity contribution in [2.24, 2.45) is 0 Å². The standard InChI is InChI=1S/C63H42N2/c1-6-21-43(22-7-1)59-55-40-39-54-53-34-17-19-36-58(53)64(61(54)62(55)65(49-30-14-5-15-31-49)60(59)44-23-8-2-9-24-44)50-32-20-25-45(41-50)46-37-38-52-51-33-16-18-35-56(51)63(57(52)42-46,47-26-10-3-11-27-47)48-28-12-4-13-29-48/h1-42H. The van der Waals surface area contributed by atoms with Gasteiger partial charge in [-0.1, -0.05) is 218 Å². The van der Waals surface area contributed by atoms with Crippen molar-refractivity contribution in [3.63, 3.8) is 0 Å². The molecule has 0 atom stereocenters. The molecule has 13 rings (SSSR count). The lowest BCUT2D eigenvalue weighted by Crippen LogP contribution is -2.28. The maximum atomic E-state index is 2.51. The summed E-state index contributed by atoms with van der Waals surface area (Å²) in [4.78, 5) is 0. The number of rotatable bonds is 7. The highest BCUT2D eigenvalue weighted by Crippen LogP contribution is 2.57. The highest BCUT2D eigenvalue weighted by molar-refractivity contribution is 6.22. The fraction of sp³-hybridized carbons (Fsp3) is 0.0159. The Bertz CT molecular complexity index is 3690. The molecule has 2 nitrogen and oxygen atoms in total. The Balaban J connectivity index is 1.10. The van der Waals surface area contributed by atoms with Crippen molar-refractivity contribution in [3.8, 4) is 56.0 Å². The van der Waals surface area contributed by atoms with Crippen molar-refractivity contribution in [2.45, 2.75) is 5.41 Å². The summed E-state index contributed by atoms with van der Waals surface area (Å²) >= 11 is 0. The number of hydrogen-bond donors (Lipinski definition) is 0. The third kappa shape index (κ3) is 5.54. The Morgan fingerprint density at radius 1 is 0.292 bits per heavy atom. The first-order chi connectivity index (χ1) is 32.3. The summed E-state index contributed by atoms with van der Waals surface area (Å²) < 4.78 is 5.03. The Kier molecular flexibility index (Phi) is 8.47. The van der Waals surface area contributed by atoms with Crippen molar-refractivity contribution >= 4 is 32.7 Å². The third-order valence-electron chi connectivity index (χ3n) is 13.8. The second-order valence-electron chi connectivity index (χ2n) is 17.2. The van der Waals surface area contributed by atoms with Gasteiger partial charge in [-0.3, -0.25) is 0 Å². The predicted octanol–water partition coefficient (Wildman–Crippen LogP) is 16.1. The van der Waals surface area contributed by atoms with Gasteiger partial charge in [-0.2, -0.15) is 0 Å². The van der Waals surface area contributed by atoms with Crippen molar-refractivity contribution in [3.05, 3.63) is 277 Å². The molecule has 10 aromatic carbocycles. The van der Waals surface area contributed by atoms with E-state index in [1.54, 1.807) is 0 Å². The zero-order valence-electron chi connectivity index (χ0n) is 35.6. The van der Waals surface area contributed by atoms with Gasteiger partial charge in [-0.15, -0.1) is 0 Å². The number of fused-ring (bicyclic) bond motifs is 8. The van der Waals surface area contributed by atoms with Crippen LogP contribution in [0.15, 0.2) is 255 Å². The van der Waals surface area contributed by atoms with Crippen molar-refractivity contribution in [2.75, 3.05) is 0 Å². The van der Waals surface area contributed by atoms with Gasteiger partial charge in [-0.25, -0.2) is 0 Å². The molecule has 0 bridgehead atoms. The number of benzene rings is 10.